The summed E-state index contributed by atoms with van der Waals surface area (Å²) in [6, 6.07) is 23.0. The topological polar surface area (TPSA) is 66.9 Å². The fraction of sp³-hybridized carbons (Fsp3) is 0.160. The van der Waals surface area contributed by atoms with Crippen LogP contribution in [0, 0.1) is 0 Å². The van der Waals surface area contributed by atoms with Crippen LogP contribution in [0.15, 0.2) is 78.9 Å². The van der Waals surface area contributed by atoms with Crippen molar-refractivity contribution >= 4 is 17.9 Å². The molecule has 0 saturated heterocycles. The van der Waals surface area contributed by atoms with Crippen molar-refractivity contribution < 1.29 is 19.1 Å². The van der Waals surface area contributed by atoms with E-state index in [1.807, 2.05) is 30.3 Å². The Bertz CT molecular complexity index is 1140. The van der Waals surface area contributed by atoms with Gasteiger partial charge in [0, 0.05) is 6.54 Å². The molecule has 3 amide bonds. The molecular weight excluding hydrogens is 392 g/mol. The van der Waals surface area contributed by atoms with Gasteiger partial charge in [-0.05, 0) is 41.8 Å². The average molecular weight is 412 g/mol. The van der Waals surface area contributed by atoms with Gasteiger partial charge in [0.2, 0.25) is 0 Å². The van der Waals surface area contributed by atoms with Crippen molar-refractivity contribution in [3.05, 3.63) is 101 Å². The minimum atomic E-state index is -0.498. The molecule has 0 aromatic heterocycles. The van der Waals surface area contributed by atoms with E-state index >= 15 is 0 Å². The molecular formula is C25H20N2O4. The summed E-state index contributed by atoms with van der Waals surface area (Å²) in [6.07, 6.45) is 0.181. The van der Waals surface area contributed by atoms with Gasteiger partial charge in [0.15, 0.2) is 0 Å². The highest BCUT2D eigenvalue weighted by atomic mass is 16.6. The Labute approximate surface area is 179 Å². The van der Waals surface area contributed by atoms with Crippen LogP contribution in [-0.4, -0.2) is 40.8 Å². The number of fused-ring (bicyclic) bond motifs is 2. The van der Waals surface area contributed by atoms with Crippen molar-refractivity contribution in [3.8, 4) is 5.75 Å². The third-order valence-electron chi connectivity index (χ3n) is 5.83. The molecule has 31 heavy (non-hydrogen) atoms. The number of amides is 3. The maximum Gasteiger partial charge on any atom is 0.415 e. The van der Waals surface area contributed by atoms with E-state index in [0.717, 1.165) is 11.1 Å². The molecule has 0 saturated carbocycles. The average Bonchev–Trinajstić information content (AvgIpc) is 3.05. The van der Waals surface area contributed by atoms with Crippen LogP contribution >= 0.6 is 0 Å². The summed E-state index contributed by atoms with van der Waals surface area (Å²) >= 11 is 0. The first-order chi connectivity index (χ1) is 15.1. The Balaban J connectivity index is 1.46. The number of nitrogens with zero attached hydrogens (tertiary/aromatic N) is 2. The molecule has 0 N–H and O–H groups in total. The molecule has 1 atom stereocenters. The van der Waals surface area contributed by atoms with E-state index < -0.39 is 12.1 Å². The number of carbonyl (C=O) groups is 3. The van der Waals surface area contributed by atoms with Crippen LogP contribution in [0.3, 0.4) is 0 Å². The first kappa shape index (κ1) is 19.1. The number of hydrogen-bond donors (Lipinski definition) is 0. The number of imide groups is 1. The quantitative estimate of drug-likeness (QED) is 0.608. The predicted octanol–water partition coefficient (Wildman–Crippen LogP) is 4.08. The molecule has 6 nitrogen and oxygen atoms in total. The predicted molar refractivity (Wildman–Crippen MR) is 114 cm³/mol. The lowest BCUT2D eigenvalue weighted by Gasteiger charge is -2.38. The van der Waals surface area contributed by atoms with E-state index in [4.69, 9.17) is 4.74 Å². The standard InChI is InChI=1S/C25H20N2O4/c28-23-20-12-6-7-13-21(20)24(29)27(23)16-22-19-11-5-4-8-17(19)14-15-26(22)25(30)31-18-9-2-1-3-10-18/h1-13,22H,14-16H2. The Morgan fingerprint density at radius 3 is 2.16 bits per heavy atom. The molecule has 0 bridgehead atoms. The van der Waals surface area contributed by atoms with Crippen LogP contribution in [0.4, 0.5) is 4.79 Å². The molecule has 2 aliphatic rings. The highest BCUT2D eigenvalue weighted by molar-refractivity contribution is 6.21. The Hall–Kier alpha value is -3.93. The van der Waals surface area contributed by atoms with Gasteiger partial charge in [-0.25, -0.2) is 4.79 Å². The number of ether oxygens (including phenoxy) is 1. The van der Waals surface area contributed by atoms with Gasteiger partial charge in [0.1, 0.15) is 5.75 Å². The normalized spacial score (nSPS) is 17.4. The van der Waals surface area contributed by atoms with Crippen LogP contribution in [-0.2, 0) is 6.42 Å². The second-order valence-corrected chi connectivity index (χ2v) is 7.61. The van der Waals surface area contributed by atoms with Crippen molar-refractivity contribution in [3.63, 3.8) is 0 Å². The smallest absolute Gasteiger partial charge is 0.410 e. The molecule has 2 aliphatic heterocycles. The van der Waals surface area contributed by atoms with Gasteiger partial charge < -0.3 is 4.74 Å². The summed E-state index contributed by atoms with van der Waals surface area (Å²) in [5, 5.41) is 0. The minimum absolute atomic E-state index is 0.0766. The lowest BCUT2D eigenvalue weighted by atomic mass is 9.92. The van der Waals surface area contributed by atoms with E-state index in [1.54, 1.807) is 53.4 Å². The lowest BCUT2D eigenvalue weighted by Crippen LogP contribution is -2.47. The number of rotatable bonds is 3. The first-order valence-electron chi connectivity index (χ1n) is 10.2. The SMILES string of the molecule is O=C1c2ccccc2C(=O)N1CC1c2ccccc2CCN1C(=O)Oc1ccccc1. The van der Waals surface area contributed by atoms with E-state index in [0.29, 0.717) is 29.8 Å². The molecule has 0 spiro atoms. The zero-order chi connectivity index (χ0) is 21.4. The van der Waals surface area contributed by atoms with Gasteiger partial charge in [-0.3, -0.25) is 19.4 Å². The molecule has 6 heteroatoms. The van der Waals surface area contributed by atoms with Crippen LogP contribution in [0.2, 0.25) is 0 Å². The number of benzene rings is 3. The lowest BCUT2D eigenvalue weighted by molar-refractivity contribution is 0.0575. The van der Waals surface area contributed by atoms with Gasteiger partial charge in [-0.1, -0.05) is 54.6 Å². The summed E-state index contributed by atoms with van der Waals surface area (Å²) in [7, 11) is 0. The summed E-state index contributed by atoms with van der Waals surface area (Å²) in [5.41, 5.74) is 2.83. The van der Waals surface area contributed by atoms with E-state index in [1.165, 1.54) is 4.90 Å². The van der Waals surface area contributed by atoms with E-state index in [2.05, 4.69) is 0 Å². The van der Waals surface area contributed by atoms with Crippen LogP contribution in [0.25, 0.3) is 0 Å². The molecule has 154 valence electrons. The van der Waals surface area contributed by atoms with Gasteiger partial charge in [-0.2, -0.15) is 0 Å². The zero-order valence-corrected chi connectivity index (χ0v) is 16.7. The molecule has 2 heterocycles. The zero-order valence-electron chi connectivity index (χ0n) is 16.7. The molecule has 1 unspecified atom stereocenters. The highest BCUT2D eigenvalue weighted by Crippen LogP contribution is 2.33. The van der Waals surface area contributed by atoms with Crippen molar-refractivity contribution in [2.24, 2.45) is 0 Å². The minimum Gasteiger partial charge on any atom is -0.410 e. The molecule has 3 aromatic rings. The van der Waals surface area contributed by atoms with Crippen LogP contribution in [0.5, 0.6) is 5.75 Å². The number of para-hydroxylation sites is 1. The van der Waals surface area contributed by atoms with E-state index in [9.17, 15) is 14.4 Å². The summed E-state index contributed by atoms with van der Waals surface area (Å²) < 4.78 is 5.58. The summed E-state index contributed by atoms with van der Waals surface area (Å²) in [5.74, 6) is -0.217. The summed E-state index contributed by atoms with van der Waals surface area (Å²) in [4.78, 5) is 41.8. The van der Waals surface area contributed by atoms with Crippen molar-refractivity contribution in [1.82, 2.24) is 9.80 Å². The molecule has 3 aromatic carbocycles. The third kappa shape index (κ3) is 3.36. The maximum atomic E-state index is 13.1. The molecule has 0 aliphatic carbocycles. The maximum absolute atomic E-state index is 13.1. The monoisotopic (exact) mass is 412 g/mol. The second kappa shape index (κ2) is 7.72. The van der Waals surface area contributed by atoms with Crippen molar-refractivity contribution in [2.45, 2.75) is 12.5 Å². The fourth-order valence-corrected chi connectivity index (χ4v) is 4.29. The van der Waals surface area contributed by atoms with Crippen molar-refractivity contribution in [1.29, 1.82) is 0 Å². The highest BCUT2D eigenvalue weighted by Gasteiger charge is 2.40. The molecule has 5 rings (SSSR count). The first-order valence-corrected chi connectivity index (χ1v) is 10.2. The Kier molecular flexibility index (Phi) is 4.75. The Morgan fingerprint density at radius 1 is 0.839 bits per heavy atom. The Morgan fingerprint density at radius 2 is 1.45 bits per heavy atom. The van der Waals surface area contributed by atoms with Gasteiger partial charge in [-0.15, -0.1) is 0 Å². The van der Waals surface area contributed by atoms with Gasteiger partial charge in [0.05, 0.1) is 23.7 Å². The largest absolute Gasteiger partial charge is 0.415 e. The fourth-order valence-electron chi connectivity index (χ4n) is 4.29. The number of carbonyl (C=O) groups excluding carboxylic acids is 3. The summed E-state index contributed by atoms with van der Waals surface area (Å²) in [6.45, 7) is 0.518. The van der Waals surface area contributed by atoms with Crippen LogP contribution < -0.4 is 4.74 Å². The van der Waals surface area contributed by atoms with Crippen molar-refractivity contribution in [2.75, 3.05) is 13.1 Å². The van der Waals surface area contributed by atoms with E-state index in [-0.39, 0.29) is 18.4 Å². The third-order valence-corrected chi connectivity index (χ3v) is 5.83. The molecule has 0 fully saturated rings. The van der Waals surface area contributed by atoms with Crippen LogP contribution in [0.1, 0.15) is 37.9 Å². The molecule has 0 radical (unpaired) electrons. The second-order valence-electron chi connectivity index (χ2n) is 7.61. The van der Waals surface area contributed by atoms with Gasteiger partial charge >= 0.3 is 6.09 Å². The number of hydrogen-bond acceptors (Lipinski definition) is 4. The van der Waals surface area contributed by atoms with Gasteiger partial charge in [0.25, 0.3) is 11.8 Å².